The monoisotopic (exact) mass is 248 g/mol. The third-order valence-electron chi connectivity index (χ3n) is 3.69. The van der Waals surface area contributed by atoms with E-state index >= 15 is 0 Å². The Morgan fingerprint density at radius 2 is 2.00 bits per heavy atom. The van der Waals surface area contributed by atoms with E-state index in [0.717, 1.165) is 24.9 Å². The molecule has 2 rings (SSSR count). The van der Waals surface area contributed by atoms with E-state index in [1.165, 1.54) is 30.5 Å². The minimum Gasteiger partial charge on any atom is -0.326 e. The molecule has 1 aliphatic rings. The van der Waals surface area contributed by atoms with Gasteiger partial charge in [-0.3, -0.25) is 4.79 Å². The van der Waals surface area contributed by atoms with E-state index in [4.69, 9.17) is 5.73 Å². The summed E-state index contributed by atoms with van der Waals surface area (Å²) in [4.78, 5) is 12.4. The fourth-order valence-corrected chi connectivity index (χ4v) is 2.83. The van der Waals surface area contributed by atoms with Crippen molar-refractivity contribution in [3.63, 3.8) is 0 Å². The third kappa shape index (κ3) is 2.66. The van der Waals surface area contributed by atoms with Crippen LogP contribution in [0.25, 0.3) is 0 Å². The van der Waals surface area contributed by atoms with Crippen LogP contribution >= 0.6 is 0 Å². The number of aromatic nitrogens is 1. The van der Waals surface area contributed by atoms with Gasteiger partial charge in [-0.05, 0) is 43.2 Å². The first-order valence-corrected chi connectivity index (χ1v) is 7.08. The number of hydrogen-bond donors (Lipinski definition) is 1. The molecule has 1 heterocycles. The minimum atomic E-state index is 0.131. The maximum Gasteiger partial charge on any atom is 0.255 e. The van der Waals surface area contributed by atoms with E-state index in [9.17, 15) is 4.79 Å². The Balaban J connectivity index is 2.55. The van der Waals surface area contributed by atoms with E-state index in [-0.39, 0.29) is 5.56 Å². The molecule has 1 aromatic rings. The fraction of sp³-hybridized carbons (Fsp3) is 0.667. The van der Waals surface area contributed by atoms with Crippen molar-refractivity contribution in [1.29, 1.82) is 0 Å². The third-order valence-corrected chi connectivity index (χ3v) is 3.69. The van der Waals surface area contributed by atoms with Crippen LogP contribution in [0.3, 0.4) is 0 Å². The van der Waals surface area contributed by atoms with Crippen LogP contribution in [0, 0.1) is 5.92 Å². The highest BCUT2D eigenvalue weighted by atomic mass is 16.1. The average molecular weight is 248 g/mol. The summed E-state index contributed by atoms with van der Waals surface area (Å²) < 4.78 is 1.99. The van der Waals surface area contributed by atoms with Crippen molar-refractivity contribution < 1.29 is 0 Å². The maximum absolute atomic E-state index is 12.4. The molecule has 100 valence electrons. The van der Waals surface area contributed by atoms with Crippen molar-refractivity contribution in [1.82, 2.24) is 4.57 Å². The standard InChI is InChI=1S/C15H24N2O/c1-11(2)10-17-14-7-5-3-4-6-12(14)8-13(9-16)15(17)18/h8,11H,3-7,9-10,16H2,1-2H3. The van der Waals surface area contributed by atoms with Crippen molar-refractivity contribution in [2.75, 3.05) is 0 Å². The van der Waals surface area contributed by atoms with E-state index in [2.05, 4.69) is 19.9 Å². The van der Waals surface area contributed by atoms with Gasteiger partial charge in [0, 0.05) is 24.3 Å². The maximum atomic E-state index is 12.4. The highest BCUT2D eigenvalue weighted by molar-refractivity contribution is 5.28. The second-order valence-corrected chi connectivity index (χ2v) is 5.72. The molecule has 1 aromatic heterocycles. The van der Waals surface area contributed by atoms with Crippen molar-refractivity contribution in [3.05, 3.63) is 33.2 Å². The van der Waals surface area contributed by atoms with Crippen molar-refractivity contribution in [2.24, 2.45) is 11.7 Å². The number of fused-ring (bicyclic) bond motifs is 1. The second-order valence-electron chi connectivity index (χ2n) is 5.72. The first kappa shape index (κ1) is 13.3. The summed E-state index contributed by atoms with van der Waals surface area (Å²) >= 11 is 0. The first-order valence-electron chi connectivity index (χ1n) is 7.08. The Kier molecular flexibility index (Phi) is 4.23. The lowest BCUT2D eigenvalue weighted by atomic mass is 10.0. The van der Waals surface area contributed by atoms with Crippen LogP contribution in [0.1, 0.15) is 49.9 Å². The van der Waals surface area contributed by atoms with Gasteiger partial charge in [0.25, 0.3) is 5.56 Å². The largest absolute Gasteiger partial charge is 0.326 e. The molecule has 0 atom stereocenters. The predicted octanol–water partition coefficient (Wildman–Crippen LogP) is 2.23. The van der Waals surface area contributed by atoms with Gasteiger partial charge >= 0.3 is 0 Å². The Bertz CT molecular complexity index is 474. The van der Waals surface area contributed by atoms with E-state index in [0.29, 0.717) is 12.5 Å². The molecule has 1 aliphatic carbocycles. The minimum absolute atomic E-state index is 0.131. The summed E-state index contributed by atoms with van der Waals surface area (Å²) in [6, 6.07) is 2.06. The Morgan fingerprint density at radius 1 is 1.28 bits per heavy atom. The summed E-state index contributed by atoms with van der Waals surface area (Å²) in [6.07, 6.45) is 5.84. The zero-order valence-electron chi connectivity index (χ0n) is 11.5. The first-order chi connectivity index (χ1) is 8.63. The summed E-state index contributed by atoms with van der Waals surface area (Å²) in [5.41, 5.74) is 9.24. The van der Waals surface area contributed by atoms with Crippen LogP contribution in [-0.4, -0.2) is 4.57 Å². The summed E-state index contributed by atoms with van der Waals surface area (Å²) in [6.45, 7) is 5.48. The molecule has 0 saturated carbocycles. The molecule has 3 nitrogen and oxygen atoms in total. The number of rotatable bonds is 3. The molecule has 0 unspecified atom stereocenters. The molecule has 18 heavy (non-hydrogen) atoms. The predicted molar refractivity (Wildman–Crippen MR) is 74.7 cm³/mol. The van der Waals surface area contributed by atoms with Crippen LogP contribution in [0.15, 0.2) is 10.9 Å². The fourth-order valence-electron chi connectivity index (χ4n) is 2.83. The van der Waals surface area contributed by atoms with Crippen LogP contribution in [0.5, 0.6) is 0 Å². The van der Waals surface area contributed by atoms with Crippen LogP contribution in [-0.2, 0) is 25.9 Å². The molecule has 0 radical (unpaired) electrons. The van der Waals surface area contributed by atoms with Gasteiger partial charge in [-0.25, -0.2) is 0 Å². The van der Waals surface area contributed by atoms with E-state index in [1.807, 2.05) is 4.57 Å². The average Bonchev–Trinajstić information content (AvgIpc) is 2.57. The smallest absolute Gasteiger partial charge is 0.255 e. The number of nitrogens with zero attached hydrogens (tertiary/aromatic N) is 1. The number of pyridine rings is 1. The number of aryl methyl sites for hydroxylation is 1. The lowest BCUT2D eigenvalue weighted by molar-refractivity contribution is 0.490. The topological polar surface area (TPSA) is 48.0 Å². The van der Waals surface area contributed by atoms with Gasteiger partial charge in [0.15, 0.2) is 0 Å². The van der Waals surface area contributed by atoms with Crippen molar-refractivity contribution in [2.45, 2.75) is 59.0 Å². The molecule has 3 heteroatoms. The summed E-state index contributed by atoms with van der Waals surface area (Å²) in [5.74, 6) is 0.489. The van der Waals surface area contributed by atoms with E-state index < -0.39 is 0 Å². The molecule has 0 spiro atoms. The Hall–Kier alpha value is -1.09. The van der Waals surface area contributed by atoms with Crippen LogP contribution in [0.2, 0.25) is 0 Å². The molecular weight excluding hydrogens is 224 g/mol. The van der Waals surface area contributed by atoms with Crippen molar-refractivity contribution in [3.8, 4) is 0 Å². The Labute approximate surface area is 109 Å². The number of hydrogen-bond acceptors (Lipinski definition) is 2. The molecule has 0 fully saturated rings. The van der Waals surface area contributed by atoms with Gasteiger partial charge in [-0.1, -0.05) is 20.3 Å². The van der Waals surface area contributed by atoms with Gasteiger partial charge in [0.2, 0.25) is 0 Å². The van der Waals surface area contributed by atoms with Gasteiger partial charge in [0.05, 0.1) is 0 Å². The zero-order valence-corrected chi connectivity index (χ0v) is 11.5. The van der Waals surface area contributed by atoms with Gasteiger partial charge in [0.1, 0.15) is 0 Å². The highest BCUT2D eigenvalue weighted by Gasteiger charge is 2.16. The normalized spacial score (nSPS) is 15.6. The zero-order chi connectivity index (χ0) is 13.1. The molecule has 0 aliphatic heterocycles. The van der Waals surface area contributed by atoms with Crippen LogP contribution < -0.4 is 11.3 Å². The molecule has 2 N–H and O–H groups in total. The quantitative estimate of drug-likeness (QED) is 0.834. The molecule has 0 bridgehead atoms. The number of nitrogens with two attached hydrogens (primary N) is 1. The summed E-state index contributed by atoms with van der Waals surface area (Å²) in [5, 5.41) is 0. The van der Waals surface area contributed by atoms with Gasteiger partial charge in [-0.2, -0.15) is 0 Å². The highest BCUT2D eigenvalue weighted by Crippen LogP contribution is 2.21. The van der Waals surface area contributed by atoms with Crippen LogP contribution in [0.4, 0.5) is 0 Å². The summed E-state index contributed by atoms with van der Waals surface area (Å²) in [7, 11) is 0. The lowest BCUT2D eigenvalue weighted by Gasteiger charge is -2.18. The van der Waals surface area contributed by atoms with Gasteiger partial charge < -0.3 is 10.3 Å². The molecular formula is C15H24N2O. The SMILES string of the molecule is CC(C)Cn1c2c(cc(CN)c1=O)CCCCC2. The van der Waals surface area contributed by atoms with E-state index in [1.54, 1.807) is 0 Å². The second kappa shape index (κ2) is 5.70. The Morgan fingerprint density at radius 3 is 2.67 bits per heavy atom. The lowest BCUT2D eigenvalue weighted by Crippen LogP contribution is -2.30. The molecule has 0 aromatic carbocycles. The molecule has 0 amide bonds. The molecule has 0 saturated heterocycles. The van der Waals surface area contributed by atoms with Crippen molar-refractivity contribution >= 4 is 0 Å². The van der Waals surface area contributed by atoms with Gasteiger partial charge in [-0.15, -0.1) is 0 Å².